The number of carbonyl (C=O) groups excluding carboxylic acids is 1. The molecule has 1 aliphatic heterocycles. The number of hydrogen-bond donors (Lipinski definition) is 0. The van der Waals surface area contributed by atoms with Crippen LogP contribution in [0.5, 0.6) is 5.75 Å². The highest BCUT2D eigenvalue weighted by Gasteiger charge is 2.26. The van der Waals surface area contributed by atoms with E-state index in [1.54, 1.807) is 13.2 Å². The Bertz CT molecular complexity index is 687. The van der Waals surface area contributed by atoms with Crippen molar-refractivity contribution in [2.24, 2.45) is 0 Å². The van der Waals surface area contributed by atoms with Crippen molar-refractivity contribution in [1.29, 1.82) is 0 Å². The molecule has 23 heavy (non-hydrogen) atoms. The van der Waals surface area contributed by atoms with E-state index >= 15 is 0 Å². The smallest absolute Gasteiger partial charge is 0.254 e. The lowest BCUT2D eigenvalue weighted by molar-refractivity contribution is -0.0228. The first-order chi connectivity index (χ1) is 11.2. The molecular formula is C18H18BrNO3. The van der Waals surface area contributed by atoms with Crippen LogP contribution in [0.1, 0.15) is 22.0 Å². The van der Waals surface area contributed by atoms with Crippen molar-refractivity contribution in [2.75, 3.05) is 26.8 Å². The van der Waals surface area contributed by atoms with E-state index in [2.05, 4.69) is 15.9 Å². The molecule has 1 unspecified atom stereocenters. The Kier molecular flexibility index (Phi) is 4.98. The number of ether oxygens (including phenoxy) is 2. The van der Waals surface area contributed by atoms with Gasteiger partial charge in [0.25, 0.3) is 5.91 Å². The van der Waals surface area contributed by atoms with Gasteiger partial charge in [0, 0.05) is 16.6 Å². The minimum atomic E-state index is -0.0913. The lowest BCUT2D eigenvalue weighted by Gasteiger charge is -2.33. The van der Waals surface area contributed by atoms with Crippen LogP contribution < -0.4 is 4.74 Å². The van der Waals surface area contributed by atoms with E-state index in [4.69, 9.17) is 9.47 Å². The second-order valence-electron chi connectivity index (χ2n) is 5.39. The number of nitrogens with zero attached hydrogens (tertiary/aromatic N) is 1. The normalized spacial score (nSPS) is 17.8. The van der Waals surface area contributed by atoms with E-state index in [1.165, 1.54) is 0 Å². The summed E-state index contributed by atoms with van der Waals surface area (Å²) < 4.78 is 12.1. The number of halogens is 1. The molecule has 2 aromatic carbocycles. The quantitative estimate of drug-likeness (QED) is 0.821. The topological polar surface area (TPSA) is 38.8 Å². The highest BCUT2D eigenvalue weighted by atomic mass is 79.9. The van der Waals surface area contributed by atoms with Gasteiger partial charge in [-0.3, -0.25) is 4.79 Å². The highest BCUT2D eigenvalue weighted by Crippen LogP contribution is 2.25. The van der Waals surface area contributed by atoms with E-state index in [-0.39, 0.29) is 12.0 Å². The summed E-state index contributed by atoms with van der Waals surface area (Å²) in [5.41, 5.74) is 1.72. The van der Waals surface area contributed by atoms with Crippen molar-refractivity contribution in [3.8, 4) is 5.75 Å². The molecule has 1 aliphatic rings. The molecule has 0 N–H and O–H groups in total. The molecule has 120 valence electrons. The monoisotopic (exact) mass is 375 g/mol. The van der Waals surface area contributed by atoms with Crippen molar-refractivity contribution in [3.05, 3.63) is 64.1 Å². The molecule has 0 saturated carbocycles. The van der Waals surface area contributed by atoms with Crippen LogP contribution in [0, 0.1) is 0 Å². The van der Waals surface area contributed by atoms with Gasteiger partial charge >= 0.3 is 0 Å². The molecule has 4 nitrogen and oxygen atoms in total. The molecule has 1 saturated heterocycles. The number of rotatable bonds is 3. The number of morpholine rings is 1. The number of carbonyl (C=O) groups is 1. The van der Waals surface area contributed by atoms with Crippen LogP contribution in [0.3, 0.4) is 0 Å². The Labute approximate surface area is 144 Å². The van der Waals surface area contributed by atoms with Gasteiger partial charge < -0.3 is 14.4 Å². The molecule has 2 aromatic rings. The number of benzene rings is 2. The van der Waals surface area contributed by atoms with Gasteiger partial charge in [-0.25, -0.2) is 0 Å². The Balaban J connectivity index is 1.75. The van der Waals surface area contributed by atoms with Gasteiger partial charge in [-0.1, -0.05) is 34.1 Å². The number of hydrogen-bond acceptors (Lipinski definition) is 3. The van der Waals surface area contributed by atoms with Crippen LogP contribution in [-0.2, 0) is 4.74 Å². The van der Waals surface area contributed by atoms with Crippen LogP contribution in [0.25, 0.3) is 0 Å². The Morgan fingerprint density at radius 1 is 1.26 bits per heavy atom. The third-order valence-electron chi connectivity index (χ3n) is 3.91. The molecule has 0 aliphatic carbocycles. The molecule has 1 fully saturated rings. The number of methoxy groups -OCH3 is 1. The van der Waals surface area contributed by atoms with Gasteiger partial charge in [-0.05, 0) is 35.9 Å². The summed E-state index contributed by atoms with van der Waals surface area (Å²) in [5, 5.41) is 0. The highest BCUT2D eigenvalue weighted by molar-refractivity contribution is 9.10. The molecule has 0 radical (unpaired) electrons. The van der Waals surface area contributed by atoms with Gasteiger partial charge in [-0.2, -0.15) is 0 Å². The Hall–Kier alpha value is -1.85. The summed E-state index contributed by atoms with van der Waals surface area (Å²) in [6.07, 6.45) is -0.0913. The predicted octanol–water partition coefficient (Wildman–Crippen LogP) is 3.67. The van der Waals surface area contributed by atoms with Gasteiger partial charge in [0.1, 0.15) is 11.9 Å². The summed E-state index contributed by atoms with van der Waals surface area (Å²) in [5.74, 6) is 0.697. The van der Waals surface area contributed by atoms with Gasteiger partial charge in [0.15, 0.2) is 0 Å². The van der Waals surface area contributed by atoms with Crippen LogP contribution in [0.2, 0.25) is 0 Å². The molecule has 5 heteroatoms. The van der Waals surface area contributed by atoms with E-state index in [0.717, 1.165) is 10.0 Å². The molecule has 3 rings (SSSR count). The summed E-state index contributed by atoms with van der Waals surface area (Å²) >= 11 is 3.43. The molecule has 0 aromatic heterocycles. The zero-order valence-electron chi connectivity index (χ0n) is 12.9. The van der Waals surface area contributed by atoms with E-state index in [9.17, 15) is 4.79 Å². The SMILES string of the molecule is COc1cccc(C(=O)N2CCOC(c3ccc(Br)cc3)C2)c1. The first kappa shape index (κ1) is 16.0. The lowest BCUT2D eigenvalue weighted by atomic mass is 10.1. The average Bonchev–Trinajstić information content (AvgIpc) is 2.62. The zero-order valence-corrected chi connectivity index (χ0v) is 14.5. The fourth-order valence-corrected chi connectivity index (χ4v) is 2.92. The summed E-state index contributed by atoms with van der Waals surface area (Å²) in [6.45, 7) is 1.69. The van der Waals surface area contributed by atoms with Crippen molar-refractivity contribution in [3.63, 3.8) is 0 Å². The first-order valence-electron chi connectivity index (χ1n) is 7.48. The maximum absolute atomic E-state index is 12.7. The van der Waals surface area contributed by atoms with Gasteiger partial charge in [0.2, 0.25) is 0 Å². The molecule has 0 spiro atoms. The predicted molar refractivity (Wildman–Crippen MR) is 91.7 cm³/mol. The zero-order chi connectivity index (χ0) is 16.2. The van der Waals surface area contributed by atoms with E-state index < -0.39 is 0 Å². The third kappa shape index (κ3) is 3.74. The van der Waals surface area contributed by atoms with Crippen molar-refractivity contribution in [2.45, 2.75) is 6.10 Å². The number of amides is 1. The fourth-order valence-electron chi connectivity index (χ4n) is 2.65. The Morgan fingerprint density at radius 3 is 2.78 bits per heavy atom. The van der Waals surface area contributed by atoms with E-state index in [0.29, 0.717) is 31.0 Å². The second-order valence-corrected chi connectivity index (χ2v) is 6.31. The summed E-state index contributed by atoms with van der Waals surface area (Å²) in [6, 6.07) is 15.3. The summed E-state index contributed by atoms with van der Waals surface area (Å²) in [7, 11) is 1.60. The fraction of sp³-hybridized carbons (Fsp3) is 0.278. The minimum absolute atomic E-state index is 0.00862. The molecule has 1 amide bonds. The molecule has 1 atom stereocenters. The van der Waals surface area contributed by atoms with Crippen LogP contribution >= 0.6 is 15.9 Å². The molecule has 0 bridgehead atoms. The largest absolute Gasteiger partial charge is 0.497 e. The summed E-state index contributed by atoms with van der Waals surface area (Å²) in [4.78, 5) is 14.5. The lowest BCUT2D eigenvalue weighted by Crippen LogP contribution is -2.42. The second kappa shape index (κ2) is 7.15. The van der Waals surface area contributed by atoms with Crippen molar-refractivity contribution < 1.29 is 14.3 Å². The van der Waals surface area contributed by atoms with Crippen LogP contribution in [0.15, 0.2) is 53.0 Å². The van der Waals surface area contributed by atoms with Crippen molar-refractivity contribution >= 4 is 21.8 Å². The maximum Gasteiger partial charge on any atom is 0.254 e. The van der Waals surface area contributed by atoms with E-state index in [1.807, 2.05) is 47.4 Å². The van der Waals surface area contributed by atoms with Crippen LogP contribution in [0.4, 0.5) is 0 Å². The Morgan fingerprint density at radius 2 is 2.04 bits per heavy atom. The van der Waals surface area contributed by atoms with Gasteiger partial charge in [-0.15, -0.1) is 0 Å². The standard InChI is InChI=1S/C18H18BrNO3/c1-22-16-4-2-3-14(11-16)18(21)20-9-10-23-17(12-20)13-5-7-15(19)8-6-13/h2-8,11,17H,9-10,12H2,1H3. The molecule has 1 heterocycles. The van der Waals surface area contributed by atoms with Crippen LogP contribution in [-0.4, -0.2) is 37.6 Å². The third-order valence-corrected chi connectivity index (χ3v) is 4.44. The minimum Gasteiger partial charge on any atom is -0.497 e. The first-order valence-corrected chi connectivity index (χ1v) is 8.27. The van der Waals surface area contributed by atoms with Crippen molar-refractivity contribution in [1.82, 2.24) is 4.90 Å². The maximum atomic E-state index is 12.7. The average molecular weight is 376 g/mol. The van der Waals surface area contributed by atoms with Gasteiger partial charge in [0.05, 0.1) is 20.3 Å². The molecular weight excluding hydrogens is 358 g/mol.